The Hall–Kier alpha value is -3.10. The number of carbonyl (C=O) groups is 2. The quantitative estimate of drug-likeness (QED) is 0.621. The van der Waals surface area contributed by atoms with Gasteiger partial charge in [0.25, 0.3) is 0 Å². The predicted molar refractivity (Wildman–Crippen MR) is 133 cm³/mol. The lowest BCUT2D eigenvalue weighted by Gasteiger charge is -2.40. The summed E-state index contributed by atoms with van der Waals surface area (Å²) < 4.78 is 5.42. The van der Waals surface area contributed by atoms with Crippen LogP contribution in [0.2, 0.25) is 0 Å². The zero-order chi connectivity index (χ0) is 24.1. The normalized spacial score (nSPS) is 16.7. The second-order valence-corrected chi connectivity index (χ2v) is 8.91. The van der Waals surface area contributed by atoms with E-state index in [0.717, 1.165) is 60.7 Å². The van der Waals surface area contributed by atoms with Gasteiger partial charge in [0.1, 0.15) is 6.61 Å². The average Bonchev–Trinajstić information content (AvgIpc) is 2.84. The van der Waals surface area contributed by atoms with Crippen molar-refractivity contribution in [3.8, 4) is 0 Å². The largest absolute Gasteiger partial charge is 0.444 e. The number of aliphatic hydroxyl groups excluding tert-OH is 1. The Morgan fingerprint density at radius 2 is 1.91 bits per heavy atom. The van der Waals surface area contributed by atoms with Crippen LogP contribution < -0.4 is 15.1 Å². The Bertz CT molecular complexity index is 1000. The molecule has 0 radical (unpaired) electrons. The Labute approximate surface area is 201 Å². The second-order valence-electron chi connectivity index (χ2n) is 8.91. The first-order valence-electron chi connectivity index (χ1n) is 12.0. The molecular formula is C26H34N4O4. The third-order valence-corrected chi connectivity index (χ3v) is 6.67. The van der Waals surface area contributed by atoms with Crippen LogP contribution in [0.4, 0.5) is 21.9 Å². The van der Waals surface area contributed by atoms with Gasteiger partial charge in [0.2, 0.25) is 5.91 Å². The number of likely N-dealkylation sites (tertiary alicyclic amines) is 1. The summed E-state index contributed by atoms with van der Waals surface area (Å²) in [5.41, 5.74) is 4.89. The van der Waals surface area contributed by atoms with Gasteiger partial charge in [0, 0.05) is 49.2 Å². The molecule has 2 N–H and O–H groups in total. The number of rotatable bonds is 8. The standard InChI is InChI=1S/C26H34N4O4/c1-3-29(15-16-31)22-9-7-21(8-10-22)27-24(32)17-28-13-11-23(12-14-28)30-25-19(2)5-4-6-20(25)18-34-26(30)33/h4-10,23,31H,3,11-18H2,1-2H3,(H,27,32). The van der Waals surface area contributed by atoms with Crippen molar-refractivity contribution in [2.24, 2.45) is 0 Å². The fraction of sp³-hybridized carbons (Fsp3) is 0.462. The maximum absolute atomic E-state index is 12.6. The van der Waals surface area contributed by atoms with Gasteiger partial charge in [-0.3, -0.25) is 14.6 Å². The van der Waals surface area contributed by atoms with Crippen LogP contribution in [0.15, 0.2) is 42.5 Å². The van der Waals surface area contributed by atoms with Gasteiger partial charge in [-0.2, -0.15) is 0 Å². The minimum absolute atomic E-state index is 0.0486. The Morgan fingerprint density at radius 1 is 1.18 bits per heavy atom. The first kappa shape index (κ1) is 24.0. The van der Waals surface area contributed by atoms with E-state index in [1.165, 1.54) is 0 Å². The van der Waals surface area contributed by atoms with E-state index in [9.17, 15) is 14.7 Å². The van der Waals surface area contributed by atoms with Crippen LogP contribution in [0, 0.1) is 6.92 Å². The molecule has 4 rings (SSSR count). The number of hydrogen-bond donors (Lipinski definition) is 2. The van der Waals surface area contributed by atoms with Crippen LogP contribution in [0.5, 0.6) is 0 Å². The number of carbonyl (C=O) groups excluding carboxylic acids is 2. The molecule has 0 spiro atoms. The van der Waals surface area contributed by atoms with Crippen LogP contribution in [0.3, 0.4) is 0 Å². The van der Waals surface area contributed by atoms with Crippen molar-refractivity contribution >= 4 is 29.1 Å². The highest BCUT2D eigenvalue weighted by Gasteiger charge is 2.35. The minimum atomic E-state index is -0.276. The van der Waals surface area contributed by atoms with Crippen LogP contribution in [-0.2, 0) is 16.1 Å². The minimum Gasteiger partial charge on any atom is -0.444 e. The first-order chi connectivity index (χ1) is 16.5. The molecule has 2 heterocycles. The lowest BCUT2D eigenvalue weighted by molar-refractivity contribution is -0.117. The number of para-hydroxylation sites is 1. The molecule has 0 aromatic heterocycles. The van der Waals surface area contributed by atoms with Gasteiger partial charge in [0.05, 0.1) is 18.8 Å². The van der Waals surface area contributed by atoms with Crippen molar-refractivity contribution in [1.82, 2.24) is 4.90 Å². The van der Waals surface area contributed by atoms with Crippen LogP contribution >= 0.6 is 0 Å². The summed E-state index contributed by atoms with van der Waals surface area (Å²) >= 11 is 0. The van der Waals surface area contributed by atoms with E-state index < -0.39 is 0 Å². The van der Waals surface area contributed by atoms with Gasteiger partial charge in [0.15, 0.2) is 0 Å². The number of hydrogen-bond acceptors (Lipinski definition) is 6. The van der Waals surface area contributed by atoms with Crippen molar-refractivity contribution in [2.75, 3.05) is 54.4 Å². The number of piperidine rings is 1. The number of aryl methyl sites for hydroxylation is 1. The lowest BCUT2D eigenvalue weighted by Crippen LogP contribution is -2.50. The Morgan fingerprint density at radius 3 is 2.59 bits per heavy atom. The molecule has 2 aromatic carbocycles. The van der Waals surface area contributed by atoms with Crippen molar-refractivity contribution < 1.29 is 19.4 Å². The zero-order valence-corrected chi connectivity index (χ0v) is 20.0. The number of benzene rings is 2. The molecule has 1 fully saturated rings. The number of nitrogens with one attached hydrogen (secondary N) is 1. The highest BCUT2D eigenvalue weighted by Crippen LogP contribution is 2.34. The summed E-state index contributed by atoms with van der Waals surface area (Å²) in [6.45, 7) is 7.70. The highest BCUT2D eigenvalue weighted by molar-refractivity contribution is 5.93. The molecule has 0 atom stereocenters. The molecule has 8 heteroatoms. The van der Waals surface area contributed by atoms with Gasteiger partial charge < -0.3 is 20.1 Å². The summed E-state index contributed by atoms with van der Waals surface area (Å²) in [5.74, 6) is -0.0486. The van der Waals surface area contributed by atoms with Crippen LogP contribution in [-0.4, -0.2) is 67.4 Å². The molecule has 0 saturated carbocycles. The topological polar surface area (TPSA) is 85.4 Å². The third-order valence-electron chi connectivity index (χ3n) is 6.67. The molecule has 182 valence electrons. The van der Waals surface area contributed by atoms with E-state index in [0.29, 0.717) is 19.7 Å². The Kier molecular flexibility index (Phi) is 7.70. The van der Waals surface area contributed by atoms with Crippen molar-refractivity contribution in [3.63, 3.8) is 0 Å². The number of aliphatic hydroxyl groups is 1. The number of anilines is 3. The zero-order valence-electron chi connectivity index (χ0n) is 20.0. The van der Waals surface area contributed by atoms with Gasteiger partial charge in [-0.05, 0) is 56.5 Å². The summed E-state index contributed by atoms with van der Waals surface area (Å²) in [5, 5.41) is 12.2. The summed E-state index contributed by atoms with van der Waals surface area (Å²) in [6.07, 6.45) is 1.31. The van der Waals surface area contributed by atoms with Crippen LogP contribution in [0.25, 0.3) is 0 Å². The van der Waals surface area contributed by atoms with E-state index in [2.05, 4.69) is 15.1 Å². The van der Waals surface area contributed by atoms with E-state index in [-0.39, 0.29) is 24.6 Å². The molecule has 0 aliphatic carbocycles. The van der Waals surface area contributed by atoms with Crippen LogP contribution in [0.1, 0.15) is 30.9 Å². The molecule has 2 aliphatic heterocycles. The van der Waals surface area contributed by atoms with E-state index in [1.54, 1.807) is 0 Å². The molecule has 0 unspecified atom stereocenters. The second kappa shape index (κ2) is 10.9. The summed E-state index contributed by atoms with van der Waals surface area (Å²) in [4.78, 5) is 31.3. The molecule has 2 aromatic rings. The number of nitrogens with zero attached hydrogens (tertiary/aromatic N) is 3. The average molecular weight is 467 g/mol. The highest BCUT2D eigenvalue weighted by atomic mass is 16.6. The smallest absolute Gasteiger partial charge is 0.414 e. The summed E-state index contributed by atoms with van der Waals surface area (Å²) in [7, 11) is 0. The number of cyclic esters (lactones) is 1. The van der Waals surface area contributed by atoms with Crippen molar-refractivity contribution in [3.05, 3.63) is 53.6 Å². The molecule has 0 bridgehead atoms. The maximum Gasteiger partial charge on any atom is 0.414 e. The van der Waals surface area contributed by atoms with Crippen molar-refractivity contribution in [1.29, 1.82) is 0 Å². The fourth-order valence-electron chi connectivity index (χ4n) is 4.90. The SMILES string of the molecule is CCN(CCO)c1ccc(NC(=O)CN2CCC(N3C(=O)OCc4cccc(C)c43)CC2)cc1. The molecule has 1 saturated heterocycles. The van der Waals surface area contributed by atoms with Gasteiger partial charge in [-0.25, -0.2) is 4.79 Å². The third kappa shape index (κ3) is 5.34. The van der Waals surface area contributed by atoms with Crippen molar-refractivity contribution in [2.45, 2.75) is 39.3 Å². The fourth-order valence-corrected chi connectivity index (χ4v) is 4.90. The van der Waals surface area contributed by atoms with Gasteiger partial charge in [-0.1, -0.05) is 18.2 Å². The molecule has 2 amide bonds. The molecular weight excluding hydrogens is 432 g/mol. The maximum atomic E-state index is 12.6. The number of ether oxygens (including phenoxy) is 1. The van der Waals surface area contributed by atoms with E-state index in [1.807, 2.05) is 61.2 Å². The van der Waals surface area contributed by atoms with E-state index >= 15 is 0 Å². The summed E-state index contributed by atoms with van der Waals surface area (Å²) in [6, 6.07) is 13.8. The van der Waals surface area contributed by atoms with E-state index in [4.69, 9.17) is 4.74 Å². The predicted octanol–water partition coefficient (Wildman–Crippen LogP) is 3.37. The monoisotopic (exact) mass is 466 g/mol. The number of fused-ring (bicyclic) bond motifs is 1. The number of amides is 2. The van der Waals surface area contributed by atoms with Gasteiger partial charge in [-0.15, -0.1) is 0 Å². The first-order valence-corrected chi connectivity index (χ1v) is 12.0. The Balaban J connectivity index is 1.30. The number of likely N-dealkylation sites (N-methyl/N-ethyl adjacent to an activating group) is 1. The van der Waals surface area contributed by atoms with Gasteiger partial charge >= 0.3 is 6.09 Å². The molecule has 34 heavy (non-hydrogen) atoms. The molecule has 2 aliphatic rings. The lowest BCUT2D eigenvalue weighted by atomic mass is 9.99. The molecule has 8 nitrogen and oxygen atoms in total.